The first kappa shape index (κ1) is 19.7. The predicted molar refractivity (Wildman–Crippen MR) is 89.0 cm³/mol. The number of H-pyrrole nitrogens is 1. The van der Waals surface area contributed by atoms with E-state index in [1.807, 2.05) is 20.8 Å². The van der Waals surface area contributed by atoms with Crippen LogP contribution in [0.4, 0.5) is 0 Å². The summed E-state index contributed by atoms with van der Waals surface area (Å²) in [6, 6.07) is 0. The van der Waals surface area contributed by atoms with E-state index in [0.717, 1.165) is 6.42 Å². The summed E-state index contributed by atoms with van der Waals surface area (Å²) in [5.41, 5.74) is 1.05. The minimum absolute atomic E-state index is 0.220. The summed E-state index contributed by atoms with van der Waals surface area (Å²) in [6.07, 6.45) is 0.756. The highest BCUT2D eigenvalue weighted by Gasteiger charge is 2.25. The standard InChI is InChI=1S/C17H26N2O5/c1-7-17(5,6)19-12(20)9-24-15(21)13-10(3)14(18-11(13)4)16(22)23-8-2/h18H,7-9H2,1-6H3,(H,19,20). The smallest absolute Gasteiger partial charge is 0.355 e. The number of ether oxygens (including phenoxy) is 2. The molecule has 0 saturated carbocycles. The summed E-state index contributed by atoms with van der Waals surface area (Å²) < 4.78 is 10.0. The molecular formula is C17H26N2O5. The van der Waals surface area contributed by atoms with Crippen molar-refractivity contribution in [3.63, 3.8) is 0 Å². The van der Waals surface area contributed by atoms with Crippen molar-refractivity contribution in [1.82, 2.24) is 10.3 Å². The lowest BCUT2D eigenvalue weighted by atomic mass is 10.0. The van der Waals surface area contributed by atoms with Gasteiger partial charge in [0.15, 0.2) is 6.61 Å². The average molecular weight is 338 g/mol. The Hall–Kier alpha value is -2.31. The second-order valence-corrected chi connectivity index (χ2v) is 6.21. The van der Waals surface area contributed by atoms with Gasteiger partial charge >= 0.3 is 11.9 Å². The van der Waals surface area contributed by atoms with Crippen LogP contribution < -0.4 is 5.32 Å². The molecular weight excluding hydrogens is 312 g/mol. The van der Waals surface area contributed by atoms with Crippen LogP contribution in [0.2, 0.25) is 0 Å². The quantitative estimate of drug-likeness (QED) is 0.743. The lowest BCUT2D eigenvalue weighted by Crippen LogP contribution is -2.44. The number of hydrogen-bond donors (Lipinski definition) is 2. The summed E-state index contributed by atoms with van der Waals surface area (Å²) in [4.78, 5) is 38.8. The van der Waals surface area contributed by atoms with Crippen molar-refractivity contribution in [1.29, 1.82) is 0 Å². The third-order valence-corrected chi connectivity index (χ3v) is 3.82. The van der Waals surface area contributed by atoms with Crippen molar-refractivity contribution >= 4 is 17.8 Å². The topological polar surface area (TPSA) is 97.5 Å². The van der Waals surface area contributed by atoms with Gasteiger partial charge < -0.3 is 19.8 Å². The van der Waals surface area contributed by atoms with Crippen LogP contribution in [0.15, 0.2) is 0 Å². The minimum Gasteiger partial charge on any atom is -0.461 e. The highest BCUT2D eigenvalue weighted by molar-refractivity contribution is 5.99. The summed E-state index contributed by atoms with van der Waals surface area (Å²) in [6.45, 7) is 10.6. The zero-order valence-corrected chi connectivity index (χ0v) is 15.2. The highest BCUT2D eigenvalue weighted by Crippen LogP contribution is 2.20. The van der Waals surface area contributed by atoms with Crippen LogP contribution in [0.25, 0.3) is 0 Å². The fourth-order valence-corrected chi connectivity index (χ4v) is 2.17. The second kappa shape index (κ2) is 7.99. The maximum Gasteiger partial charge on any atom is 0.355 e. The number of carbonyl (C=O) groups is 3. The van der Waals surface area contributed by atoms with Gasteiger partial charge in [0.05, 0.1) is 12.2 Å². The zero-order valence-electron chi connectivity index (χ0n) is 15.2. The normalized spacial score (nSPS) is 11.1. The Labute approximate surface area is 142 Å². The molecule has 7 heteroatoms. The highest BCUT2D eigenvalue weighted by atomic mass is 16.5. The summed E-state index contributed by atoms with van der Waals surface area (Å²) in [5, 5.41) is 2.78. The van der Waals surface area contributed by atoms with Crippen molar-refractivity contribution in [3.05, 3.63) is 22.5 Å². The van der Waals surface area contributed by atoms with Crippen molar-refractivity contribution in [3.8, 4) is 0 Å². The van der Waals surface area contributed by atoms with Gasteiger partial charge in [0.1, 0.15) is 5.69 Å². The molecule has 0 spiro atoms. The third-order valence-electron chi connectivity index (χ3n) is 3.82. The van der Waals surface area contributed by atoms with E-state index in [1.54, 1.807) is 20.8 Å². The zero-order chi connectivity index (χ0) is 18.5. The van der Waals surface area contributed by atoms with Crippen LogP contribution in [-0.2, 0) is 14.3 Å². The SMILES string of the molecule is CCOC(=O)c1[nH]c(C)c(C(=O)OCC(=O)NC(C)(C)CC)c1C. The molecule has 0 atom stereocenters. The Morgan fingerprint density at radius 2 is 1.71 bits per heavy atom. The fraction of sp³-hybridized carbons (Fsp3) is 0.588. The van der Waals surface area contributed by atoms with Crippen molar-refractivity contribution in [2.45, 2.75) is 53.5 Å². The number of carbonyl (C=O) groups excluding carboxylic acids is 3. The van der Waals surface area contributed by atoms with Gasteiger partial charge in [-0.3, -0.25) is 4.79 Å². The van der Waals surface area contributed by atoms with Crippen molar-refractivity contribution < 1.29 is 23.9 Å². The van der Waals surface area contributed by atoms with Crippen LogP contribution in [0.1, 0.15) is 66.2 Å². The Bertz CT molecular complexity index is 631. The van der Waals surface area contributed by atoms with Gasteiger partial charge in [0, 0.05) is 11.2 Å². The largest absolute Gasteiger partial charge is 0.461 e. The Balaban J connectivity index is 2.79. The Kier molecular flexibility index (Phi) is 6.57. The van der Waals surface area contributed by atoms with Crippen LogP contribution in [0.3, 0.4) is 0 Å². The first-order valence-electron chi connectivity index (χ1n) is 7.97. The van der Waals surface area contributed by atoms with E-state index in [-0.39, 0.29) is 35.9 Å². The minimum atomic E-state index is -0.652. The fourth-order valence-electron chi connectivity index (χ4n) is 2.17. The van der Waals surface area contributed by atoms with Gasteiger partial charge in [-0.1, -0.05) is 6.92 Å². The number of rotatable bonds is 7. The molecule has 7 nitrogen and oxygen atoms in total. The first-order valence-corrected chi connectivity index (χ1v) is 7.97. The molecule has 1 aromatic heterocycles. The molecule has 2 N–H and O–H groups in total. The van der Waals surface area contributed by atoms with E-state index in [9.17, 15) is 14.4 Å². The molecule has 0 aliphatic heterocycles. The van der Waals surface area contributed by atoms with Crippen molar-refractivity contribution in [2.75, 3.05) is 13.2 Å². The van der Waals surface area contributed by atoms with E-state index in [2.05, 4.69) is 10.3 Å². The number of nitrogens with one attached hydrogen (secondary N) is 2. The van der Waals surface area contributed by atoms with E-state index in [0.29, 0.717) is 11.3 Å². The van der Waals surface area contributed by atoms with Crippen LogP contribution in [-0.4, -0.2) is 41.6 Å². The molecule has 1 aromatic rings. The molecule has 0 fully saturated rings. The number of hydrogen-bond acceptors (Lipinski definition) is 5. The number of aryl methyl sites for hydroxylation is 1. The number of esters is 2. The molecule has 0 saturated heterocycles. The maximum atomic E-state index is 12.2. The van der Waals surface area contributed by atoms with Crippen LogP contribution in [0.5, 0.6) is 0 Å². The monoisotopic (exact) mass is 338 g/mol. The molecule has 24 heavy (non-hydrogen) atoms. The van der Waals surface area contributed by atoms with E-state index in [1.165, 1.54) is 0 Å². The second-order valence-electron chi connectivity index (χ2n) is 6.21. The molecule has 134 valence electrons. The molecule has 0 aromatic carbocycles. The van der Waals surface area contributed by atoms with Gasteiger partial charge in [-0.2, -0.15) is 0 Å². The first-order chi connectivity index (χ1) is 11.1. The molecule has 0 bridgehead atoms. The third kappa shape index (κ3) is 4.84. The number of aromatic amines is 1. The predicted octanol–water partition coefficient (Wildman–Crippen LogP) is 2.27. The maximum absolute atomic E-state index is 12.2. The van der Waals surface area contributed by atoms with Crippen LogP contribution in [0, 0.1) is 13.8 Å². The van der Waals surface area contributed by atoms with Crippen LogP contribution >= 0.6 is 0 Å². The summed E-state index contributed by atoms with van der Waals surface area (Å²) >= 11 is 0. The number of aromatic nitrogens is 1. The molecule has 0 aliphatic carbocycles. The Morgan fingerprint density at radius 1 is 1.08 bits per heavy atom. The van der Waals surface area contributed by atoms with Gasteiger partial charge in [0.25, 0.3) is 5.91 Å². The summed E-state index contributed by atoms with van der Waals surface area (Å²) in [5.74, 6) is -1.55. The summed E-state index contributed by atoms with van der Waals surface area (Å²) in [7, 11) is 0. The Morgan fingerprint density at radius 3 is 2.25 bits per heavy atom. The molecule has 1 amide bonds. The molecule has 1 rings (SSSR count). The molecule has 0 aliphatic rings. The van der Waals surface area contributed by atoms with E-state index in [4.69, 9.17) is 9.47 Å². The van der Waals surface area contributed by atoms with Crippen molar-refractivity contribution in [2.24, 2.45) is 0 Å². The van der Waals surface area contributed by atoms with Gasteiger partial charge in [-0.25, -0.2) is 9.59 Å². The molecule has 0 unspecified atom stereocenters. The lowest BCUT2D eigenvalue weighted by Gasteiger charge is -2.24. The average Bonchev–Trinajstić information content (AvgIpc) is 2.80. The van der Waals surface area contributed by atoms with Gasteiger partial charge in [-0.15, -0.1) is 0 Å². The van der Waals surface area contributed by atoms with Gasteiger partial charge in [0.2, 0.25) is 0 Å². The lowest BCUT2D eigenvalue weighted by molar-refractivity contribution is -0.125. The number of amides is 1. The molecule has 1 heterocycles. The van der Waals surface area contributed by atoms with E-state index >= 15 is 0 Å². The molecule has 0 radical (unpaired) electrons. The van der Waals surface area contributed by atoms with Gasteiger partial charge in [-0.05, 0) is 46.6 Å². The van der Waals surface area contributed by atoms with E-state index < -0.39 is 11.9 Å².